The van der Waals surface area contributed by atoms with Crippen LogP contribution in [0, 0.1) is 0 Å². The van der Waals surface area contributed by atoms with E-state index in [4.69, 9.17) is 16.3 Å². The monoisotopic (exact) mass is 435 g/mol. The number of benzene rings is 2. The second kappa shape index (κ2) is 8.12. The average molecular weight is 437 g/mol. The average Bonchev–Trinajstić information content (AvgIpc) is 2.61. The zero-order valence-corrected chi connectivity index (χ0v) is 17.3. The van der Waals surface area contributed by atoms with Crippen LogP contribution in [0.1, 0.15) is 56.4 Å². The molecule has 26 heavy (non-hydrogen) atoms. The van der Waals surface area contributed by atoms with Crippen molar-refractivity contribution in [2.24, 2.45) is 0 Å². The maximum absolute atomic E-state index is 12.1. The van der Waals surface area contributed by atoms with E-state index in [-0.39, 0.29) is 23.7 Å². The van der Waals surface area contributed by atoms with E-state index in [0.29, 0.717) is 17.9 Å². The molecular formula is C21H23BrClNO2. The Morgan fingerprint density at radius 3 is 2.46 bits per heavy atom. The van der Waals surface area contributed by atoms with Gasteiger partial charge in [-0.2, -0.15) is 0 Å². The molecule has 0 aliphatic carbocycles. The van der Waals surface area contributed by atoms with Crippen LogP contribution in [0.4, 0.5) is 0 Å². The second-order valence-electron chi connectivity index (χ2n) is 7.09. The fraction of sp³-hybridized carbons (Fsp3) is 0.381. The van der Waals surface area contributed by atoms with E-state index < -0.39 is 0 Å². The van der Waals surface area contributed by atoms with E-state index in [0.717, 1.165) is 22.0 Å². The van der Waals surface area contributed by atoms with Crippen LogP contribution in [0.5, 0.6) is 0 Å². The molecule has 138 valence electrons. The largest absolute Gasteiger partial charge is 0.365 e. The zero-order chi connectivity index (χ0) is 18.7. The summed E-state index contributed by atoms with van der Waals surface area (Å²) >= 11 is 9.66. The van der Waals surface area contributed by atoms with Gasteiger partial charge in [0.15, 0.2) is 0 Å². The van der Waals surface area contributed by atoms with Gasteiger partial charge in [0, 0.05) is 34.3 Å². The highest BCUT2D eigenvalue weighted by molar-refractivity contribution is 9.10. The highest BCUT2D eigenvalue weighted by Gasteiger charge is 2.40. The summed E-state index contributed by atoms with van der Waals surface area (Å²) in [5, 5.41) is 3.90. The molecule has 1 aliphatic rings. The van der Waals surface area contributed by atoms with E-state index in [2.05, 4.69) is 40.3 Å². The van der Waals surface area contributed by atoms with Crippen LogP contribution >= 0.6 is 27.5 Å². The van der Waals surface area contributed by atoms with Crippen LogP contribution in [-0.2, 0) is 9.53 Å². The molecule has 3 atom stereocenters. The quantitative estimate of drug-likeness (QED) is 0.640. The minimum atomic E-state index is -0.337. The van der Waals surface area contributed by atoms with Gasteiger partial charge in [0.05, 0.1) is 12.2 Å². The number of rotatable bonds is 4. The molecule has 1 amide bonds. The van der Waals surface area contributed by atoms with Gasteiger partial charge >= 0.3 is 0 Å². The first kappa shape index (κ1) is 19.4. The van der Waals surface area contributed by atoms with Crippen LogP contribution in [0.15, 0.2) is 53.0 Å². The van der Waals surface area contributed by atoms with Crippen molar-refractivity contribution in [3.8, 4) is 0 Å². The molecule has 0 aromatic heterocycles. The fourth-order valence-electron chi connectivity index (χ4n) is 3.50. The van der Waals surface area contributed by atoms with Crippen molar-refractivity contribution in [2.75, 3.05) is 0 Å². The molecule has 3 rings (SSSR count). The second-order valence-corrected chi connectivity index (χ2v) is 8.44. The number of carbonyl (C=O) groups is 1. The molecule has 0 bridgehead atoms. The molecule has 3 nitrogen and oxygen atoms in total. The first-order valence-corrected chi connectivity index (χ1v) is 10.0. The number of hydrogen-bond acceptors (Lipinski definition) is 2. The lowest BCUT2D eigenvalue weighted by atomic mass is 9.81. The van der Waals surface area contributed by atoms with E-state index in [1.54, 1.807) is 0 Å². The molecule has 0 radical (unpaired) electrons. The number of halogens is 2. The van der Waals surface area contributed by atoms with Crippen molar-refractivity contribution in [3.05, 3.63) is 69.2 Å². The molecule has 1 heterocycles. The third-order valence-electron chi connectivity index (χ3n) is 4.82. The molecular weight excluding hydrogens is 414 g/mol. The minimum absolute atomic E-state index is 0.0637. The Bertz CT molecular complexity index is 780. The van der Waals surface area contributed by atoms with Crippen molar-refractivity contribution in [1.82, 2.24) is 5.32 Å². The summed E-state index contributed by atoms with van der Waals surface area (Å²) in [7, 11) is 0. The molecule has 1 aliphatic heterocycles. The Balaban J connectivity index is 1.92. The first-order chi connectivity index (χ1) is 12.4. The predicted molar refractivity (Wildman–Crippen MR) is 108 cm³/mol. The third kappa shape index (κ3) is 4.67. The summed E-state index contributed by atoms with van der Waals surface area (Å²) in [6.07, 6.45) is 1.70. The summed E-state index contributed by atoms with van der Waals surface area (Å²) in [5.74, 6) is 0.0637. The molecule has 2 aromatic carbocycles. The maximum atomic E-state index is 12.1. The topological polar surface area (TPSA) is 38.3 Å². The molecule has 1 fully saturated rings. The normalized spacial score (nSPS) is 25.7. The van der Waals surface area contributed by atoms with Gasteiger partial charge in [-0.05, 0) is 42.3 Å². The number of hydrogen-bond donors (Lipinski definition) is 1. The lowest BCUT2D eigenvalue weighted by Gasteiger charge is -2.43. The zero-order valence-electron chi connectivity index (χ0n) is 15.0. The van der Waals surface area contributed by atoms with Crippen molar-refractivity contribution < 1.29 is 9.53 Å². The number of ether oxygens (including phenoxy) is 1. The lowest BCUT2D eigenvalue weighted by Crippen LogP contribution is -2.50. The van der Waals surface area contributed by atoms with Crippen molar-refractivity contribution in [3.63, 3.8) is 0 Å². The summed E-state index contributed by atoms with van der Waals surface area (Å²) in [4.78, 5) is 12.1. The Morgan fingerprint density at radius 1 is 1.19 bits per heavy atom. The predicted octanol–water partition coefficient (Wildman–Crippen LogP) is 5.98. The Hall–Kier alpha value is -1.36. The van der Waals surface area contributed by atoms with E-state index in [1.807, 2.05) is 43.3 Å². The smallest absolute Gasteiger partial charge is 0.220 e. The highest BCUT2D eigenvalue weighted by Crippen LogP contribution is 2.44. The van der Waals surface area contributed by atoms with Crippen molar-refractivity contribution in [1.29, 1.82) is 0 Å². The van der Waals surface area contributed by atoms with Crippen LogP contribution < -0.4 is 5.32 Å². The summed E-state index contributed by atoms with van der Waals surface area (Å²) < 4.78 is 7.47. The van der Waals surface area contributed by atoms with Crippen LogP contribution in [0.2, 0.25) is 5.02 Å². The Kier molecular flexibility index (Phi) is 6.06. The van der Waals surface area contributed by atoms with Gasteiger partial charge in [-0.1, -0.05) is 58.7 Å². The fourth-order valence-corrected chi connectivity index (χ4v) is 3.96. The van der Waals surface area contributed by atoms with Crippen LogP contribution in [0.25, 0.3) is 0 Å². The molecule has 1 saturated heterocycles. The molecule has 2 aromatic rings. The number of amides is 1. The Morgan fingerprint density at radius 2 is 1.85 bits per heavy atom. The molecule has 5 heteroatoms. The molecule has 0 spiro atoms. The number of nitrogens with one attached hydrogen (secondary N) is 1. The standard InChI is InChI=1S/C21H23BrClNO2/c1-3-20(25)24-21(2)12-18(14-7-9-16(22)10-8-14)26-19(13-21)15-5-4-6-17(23)11-15/h4-11,18-19H,3,12-13H2,1-2H3,(H,24,25)/t18-,19+,21+/m1/s1. The van der Waals surface area contributed by atoms with Gasteiger partial charge in [-0.15, -0.1) is 0 Å². The first-order valence-electron chi connectivity index (χ1n) is 8.86. The van der Waals surface area contributed by atoms with Gasteiger partial charge in [0.25, 0.3) is 0 Å². The lowest BCUT2D eigenvalue weighted by molar-refractivity contribution is -0.128. The van der Waals surface area contributed by atoms with Crippen LogP contribution in [0.3, 0.4) is 0 Å². The molecule has 0 unspecified atom stereocenters. The van der Waals surface area contributed by atoms with Crippen LogP contribution in [-0.4, -0.2) is 11.4 Å². The SMILES string of the molecule is CCC(=O)N[C@]1(C)C[C@@H](c2cccc(Cl)c2)O[C@@H](c2ccc(Br)cc2)C1. The van der Waals surface area contributed by atoms with E-state index >= 15 is 0 Å². The van der Waals surface area contributed by atoms with Gasteiger partial charge in [-0.25, -0.2) is 0 Å². The minimum Gasteiger partial charge on any atom is -0.365 e. The molecule has 1 N–H and O–H groups in total. The number of carbonyl (C=O) groups excluding carboxylic acids is 1. The highest BCUT2D eigenvalue weighted by atomic mass is 79.9. The summed E-state index contributed by atoms with van der Waals surface area (Å²) in [6.45, 7) is 3.98. The summed E-state index contributed by atoms with van der Waals surface area (Å²) in [6, 6.07) is 15.9. The van der Waals surface area contributed by atoms with Crippen molar-refractivity contribution >= 4 is 33.4 Å². The summed E-state index contributed by atoms with van der Waals surface area (Å²) in [5.41, 5.74) is 1.81. The third-order valence-corrected chi connectivity index (χ3v) is 5.59. The maximum Gasteiger partial charge on any atom is 0.220 e. The van der Waals surface area contributed by atoms with Gasteiger partial charge in [0.1, 0.15) is 0 Å². The van der Waals surface area contributed by atoms with Gasteiger partial charge in [0.2, 0.25) is 5.91 Å². The van der Waals surface area contributed by atoms with E-state index in [1.165, 1.54) is 0 Å². The van der Waals surface area contributed by atoms with E-state index in [9.17, 15) is 4.79 Å². The van der Waals surface area contributed by atoms with Gasteiger partial charge < -0.3 is 10.1 Å². The molecule has 0 saturated carbocycles. The Labute approximate surface area is 168 Å². The van der Waals surface area contributed by atoms with Gasteiger partial charge in [-0.3, -0.25) is 4.79 Å². The van der Waals surface area contributed by atoms with Crippen molar-refractivity contribution in [2.45, 2.75) is 50.9 Å².